The van der Waals surface area contributed by atoms with Crippen LogP contribution in [-0.4, -0.2) is 32.2 Å². The van der Waals surface area contributed by atoms with Gasteiger partial charge in [-0.2, -0.15) is 0 Å². The second kappa shape index (κ2) is 7.40. The van der Waals surface area contributed by atoms with Gasteiger partial charge in [0.05, 0.1) is 11.6 Å². The topological polar surface area (TPSA) is 70.7 Å². The van der Waals surface area contributed by atoms with Gasteiger partial charge in [0.15, 0.2) is 0 Å². The molecule has 2 amide bonds. The fourth-order valence-electron chi connectivity index (χ4n) is 3.67. The summed E-state index contributed by atoms with van der Waals surface area (Å²) >= 11 is 0. The summed E-state index contributed by atoms with van der Waals surface area (Å²) in [6, 6.07) is 7.00. The maximum absolute atomic E-state index is 12.9. The molecule has 1 aromatic rings. The number of carbonyl (C=O) groups excluding carboxylic acids is 2. The van der Waals surface area contributed by atoms with Crippen LogP contribution in [-0.2, 0) is 9.53 Å². The number of rotatable bonds is 4. The molecule has 1 heterocycles. The first-order chi connectivity index (χ1) is 12.4. The van der Waals surface area contributed by atoms with Crippen LogP contribution in [0, 0.1) is 5.92 Å². The molecule has 1 saturated carbocycles. The Balaban J connectivity index is 1.87. The van der Waals surface area contributed by atoms with Crippen molar-refractivity contribution in [3.8, 4) is 0 Å². The molecule has 1 fully saturated rings. The molecule has 0 radical (unpaired) electrons. The molecular formula is C20H27N3O3. The zero-order chi connectivity index (χ0) is 18.8. The first-order valence-electron chi connectivity index (χ1n) is 9.13. The van der Waals surface area contributed by atoms with E-state index in [1.54, 1.807) is 6.92 Å². The van der Waals surface area contributed by atoms with Crippen LogP contribution in [0.2, 0.25) is 0 Å². The van der Waals surface area contributed by atoms with Crippen molar-refractivity contribution in [2.45, 2.75) is 45.3 Å². The van der Waals surface area contributed by atoms with Gasteiger partial charge in [-0.05, 0) is 49.8 Å². The maximum atomic E-state index is 12.9. The Hall–Kier alpha value is -2.50. The van der Waals surface area contributed by atoms with Crippen molar-refractivity contribution >= 4 is 17.7 Å². The number of hydrogen-bond acceptors (Lipinski definition) is 4. The summed E-state index contributed by atoms with van der Waals surface area (Å²) in [7, 11) is 3.94. The summed E-state index contributed by atoms with van der Waals surface area (Å²) in [4.78, 5) is 26.9. The molecule has 0 saturated heterocycles. The van der Waals surface area contributed by atoms with Gasteiger partial charge in [0.2, 0.25) is 0 Å². The summed E-state index contributed by atoms with van der Waals surface area (Å²) in [5.41, 5.74) is 2.93. The fourth-order valence-corrected chi connectivity index (χ4v) is 3.67. The second-order valence-corrected chi connectivity index (χ2v) is 7.41. The van der Waals surface area contributed by atoms with Crippen LogP contribution >= 0.6 is 0 Å². The lowest BCUT2D eigenvalue weighted by Crippen LogP contribution is -2.45. The predicted molar refractivity (Wildman–Crippen MR) is 101 cm³/mol. The first-order valence-corrected chi connectivity index (χ1v) is 9.13. The number of carbonyl (C=O) groups is 2. The van der Waals surface area contributed by atoms with Crippen molar-refractivity contribution < 1.29 is 14.3 Å². The van der Waals surface area contributed by atoms with E-state index in [9.17, 15) is 9.59 Å². The van der Waals surface area contributed by atoms with E-state index < -0.39 is 6.04 Å². The Labute approximate surface area is 154 Å². The molecular weight excluding hydrogens is 330 g/mol. The lowest BCUT2D eigenvalue weighted by Gasteiger charge is -2.29. The molecule has 26 heavy (non-hydrogen) atoms. The lowest BCUT2D eigenvalue weighted by atomic mass is 9.95. The van der Waals surface area contributed by atoms with Crippen molar-refractivity contribution in [2.24, 2.45) is 5.92 Å². The van der Waals surface area contributed by atoms with E-state index in [0.717, 1.165) is 30.5 Å². The number of amides is 2. The minimum absolute atomic E-state index is 0.0443. The number of hydrogen-bond donors (Lipinski definition) is 2. The van der Waals surface area contributed by atoms with Crippen LogP contribution in [0.5, 0.6) is 0 Å². The SMILES string of the molecule is CC1=C(C(=O)O[C@@H]2CCC[C@@H]2C)[C@@H](c2ccc(N(C)C)cc2)NC(=O)N1. The van der Waals surface area contributed by atoms with Crippen LogP contribution in [0.3, 0.4) is 0 Å². The van der Waals surface area contributed by atoms with Crippen molar-refractivity contribution in [2.75, 3.05) is 19.0 Å². The molecule has 0 spiro atoms. The highest BCUT2D eigenvalue weighted by Crippen LogP contribution is 2.32. The Morgan fingerprint density at radius 3 is 2.46 bits per heavy atom. The Bertz CT molecular complexity index is 724. The summed E-state index contributed by atoms with van der Waals surface area (Å²) < 4.78 is 5.79. The third-order valence-corrected chi connectivity index (χ3v) is 5.27. The van der Waals surface area contributed by atoms with E-state index in [1.165, 1.54) is 0 Å². The van der Waals surface area contributed by atoms with E-state index in [1.807, 2.05) is 43.3 Å². The Morgan fingerprint density at radius 2 is 1.88 bits per heavy atom. The third kappa shape index (κ3) is 3.69. The molecule has 3 atom stereocenters. The molecule has 2 aliphatic rings. The zero-order valence-electron chi connectivity index (χ0n) is 15.8. The highest BCUT2D eigenvalue weighted by Gasteiger charge is 2.35. The van der Waals surface area contributed by atoms with Crippen molar-refractivity contribution in [3.05, 3.63) is 41.1 Å². The smallest absolute Gasteiger partial charge is 0.338 e. The van der Waals surface area contributed by atoms with Gasteiger partial charge < -0.3 is 20.3 Å². The number of esters is 1. The van der Waals surface area contributed by atoms with E-state index in [0.29, 0.717) is 17.2 Å². The number of urea groups is 1. The fraction of sp³-hybridized carbons (Fsp3) is 0.500. The summed E-state index contributed by atoms with van der Waals surface area (Å²) in [6.45, 7) is 3.86. The van der Waals surface area contributed by atoms with E-state index >= 15 is 0 Å². The van der Waals surface area contributed by atoms with Gasteiger partial charge in [-0.25, -0.2) is 9.59 Å². The zero-order valence-corrected chi connectivity index (χ0v) is 15.8. The molecule has 0 aromatic heterocycles. The van der Waals surface area contributed by atoms with Gasteiger partial charge in [-0.1, -0.05) is 19.1 Å². The van der Waals surface area contributed by atoms with Gasteiger partial charge in [0.25, 0.3) is 0 Å². The van der Waals surface area contributed by atoms with E-state index in [2.05, 4.69) is 17.6 Å². The molecule has 6 heteroatoms. The van der Waals surface area contributed by atoms with Crippen LogP contribution in [0.4, 0.5) is 10.5 Å². The largest absolute Gasteiger partial charge is 0.459 e. The Kier molecular flexibility index (Phi) is 5.20. The van der Waals surface area contributed by atoms with Gasteiger partial charge in [-0.3, -0.25) is 0 Å². The lowest BCUT2D eigenvalue weighted by molar-refractivity contribution is -0.146. The number of anilines is 1. The van der Waals surface area contributed by atoms with E-state index in [4.69, 9.17) is 4.74 Å². The van der Waals surface area contributed by atoms with Gasteiger partial charge >= 0.3 is 12.0 Å². The molecule has 0 unspecified atom stereocenters. The third-order valence-electron chi connectivity index (χ3n) is 5.27. The molecule has 3 rings (SSSR count). The van der Waals surface area contributed by atoms with Crippen LogP contribution < -0.4 is 15.5 Å². The predicted octanol–water partition coefficient (Wildman–Crippen LogP) is 3.11. The molecule has 0 bridgehead atoms. The quantitative estimate of drug-likeness (QED) is 0.813. The summed E-state index contributed by atoms with van der Waals surface area (Å²) in [5, 5.41) is 5.55. The number of allylic oxidation sites excluding steroid dienone is 1. The van der Waals surface area contributed by atoms with Gasteiger partial charge in [-0.15, -0.1) is 0 Å². The standard InChI is InChI=1S/C20H27N3O3/c1-12-6-5-7-16(12)26-19(24)17-13(2)21-20(25)22-18(17)14-8-10-15(11-9-14)23(3)4/h8-12,16,18H,5-7H2,1-4H3,(H2,21,22,25)/t12-,16+,18+/m0/s1. The molecule has 140 valence electrons. The van der Waals surface area contributed by atoms with E-state index in [-0.39, 0.29) is 18.1 Å². The molecule has 1 aliphatic heterocycles. The number of benzene rings is 1. The maximum Gasteiger partial charge on any atom is 0.338 e. The number of nitrogens with one attached hydrogen (secondary N) is 2. The average molecular weight is 357 g/mol. The number of nitrogens with zero attached hydrogens (tertiary/aromatic N) is 1. The monoisotopic (exact) mass is 357 g/mol. The van der Waals surface area contributed by atoms with Crippen LogP contribution in [0.1, 0.15) is 44.7 Å². The van der Waals surface area contributed by atoms with Crippen molar-refractivity contribution in [1.82, 2.24) is 10.6 Å². The van der Waals surface area contributed by atoms with Crippen LogP contribution in [0.15, 0.2) is 35.5 Å². The van der Waals surface area contributed by atoms with Crippen molar-refractivity contribution in [1.29, 1.82) is 0 Å². The molecule has 1 aromatic carbocycles. The number of ether oxygens (including phenoxy) is 1. The van der Waals surface area contributed by atoms with Gasteiger partial charge in [0, 0.05) is 25.5 Å². The minimum Gasteiger partial charge on any atom is -0.459 e. The molecule has 1 aliphatic carbocycles. The minimum atomic E-state index is -0.510. The Morgan fingerprint density at radius 1 is 1.19 bits per heavy atom. The molecule has 6 nitrogen and oxygen atoms in total. The molecule has 2 N–H and O–H groups in total. The highest BCUT2D eigenvalue weighted by molar-refractivity contribution is 5.95. The van der Waals surface area contributed by atoms with Crippen molar-refractivity contribution in [3.63, 3.8) is 0 Å². The first kappa shape index (κ1) is 18.3. The second-order valence-electron chi connectivity index (χ2n) is 7.41. The van der Waals surface area contributed by atoms with Crippen LogP contribution in [0.25, 0.3) is 0 Å². The highest BCUT2D eigenvalue weighted by atomic mass is 16.5. The summed E-state index contributed by atoms with van der Waals surface area (Å²) in [5.74, 6) is 0.0271. The van der Waals surface area contributed by atoms with Gasteiger partial charge in [0.1, 0.15) is 6.10 Å². The average Bonchev–Trinajstić information content (AvgIpc) is 2.99. The summed E-state index contributed by atoms with van der Waals surface area (Å²) in [6.07, 6.45) is 3.03. The normalized spacial score (nSPS) is 25.5.